The van der Waals surface area contributed by atoms with Gasteiger partial charge in [0.2, 0.25) is 0 Å². The van der Waals surface area contributed by atoms with Crippen molar-refractivity contribution in [3.8, 4) is 0 Å². The molecule has 96 valence electrons. The largest absolute Gasteiger partial charge is 0.370 e. The van der Waals surface area contributed by atoms with Gasteiger partial charge in [0, 0.05) is 42.7 Å². The third-order valence-corrected chi connectivity index (χ3v) is 3.41. The second kappa shape index (κ2) is 4.76. The van der Waals surface area contributed by atoms with Crippen LogP contribution in [0.3, 0.4) is 0 Å². The van der Waals surface area contributed by atoms with E-state index in [1.165, 1.54) is 6.07 Å². The molecule has 5 nitrogen and oxygen atoms in total. The lowest BCUT2D eigenvalue weighted by molar-refractivity contribution is -0.385. The van der Waals surface area contributed by atoms with Crippen LogP contribution in [0.4, 0.5) is 11.4 Å². The molecule has 1 fully saturated rings. The van der Waals surface area contributed by atoms with E-state index in [2.05, 4.69) is 4.90 Å². The minimum atomic E-state index is -0.374. The predicted molar refractivity (Wildman–Crippen MR) is 68.8 cm³/mol. The van der Waals surface area contributed by atoms with E-state index in [0.29, 0.717) is 30.9 Å². The number of benzene rings is 1. The number of rotatable bonds is 2. The molecule has 1 aromatic rings. The van der Waals surface area contributed by atoms with Crippen molar-refractivity contribution in [3.63, 3.8) is 0 Å². The highest BCUT2D eigenvalue weighted by atomic mass is 16.6. The fourth-order valence-corrected chi connectivity index (χ4v) is 2.29. The molecule has 0 amide bonds. The van der Waals surface area contributed by atoms with Gasteiger partial charge in [0.1, 0.15) is 5.78 Å². The Bertz CT molecular complexity index is 499. The van der Waals surface area contributed by atoms with Crippen LogP contribution in [0.5, 0.6) is 0 Å². The summed E-state index contributed by atoms with van der Waals surface area (Å²) in [7, 11) is 0. The second-order valence-electron chi connectivity index (χ2n) is 4.79. The molecule has 1 atom stereocenters. The fraction of sp³-hybridized carbons (Fsp3) is 0.462. The highest BCUT2D eigenvalue weighted by Crippen LogP contribution is 2.26. The van der Waals surface area contributed by atoms with Crippen LogP contribution in [0, 0.1) is 23.0 Å². The molecule has 0 N–H and O–H groups in total. The molecule has 18 heavy (non-hydrogen) atoms. The van der Waals surface area contributed by atoms with Gasteiger partial charge in [-0.25, -0.2) is 0 Å². The van der Waals surface area contributed by atoms with Crippen molar-refractivity contribution in [2.24, 2.45) is 5.92 Å². The van der Waals surface area contributed by atoms with Crippen molar-refractivity contribution in [3.05, 3.63) is 33.9 Å². The number of ketones is 1. The number of piperidine rings is 1. The minimum absolute atomic E-state index is 0.0363. The van der Waals surface area contributed by atoms with Gasteiger partial charge in [0.15, 0.2) is 0 Å². The van der Waals surface area contributed by atoms with Crippen molar-refractivity contribution < 1.29 is 9.72 Å². The topological polar surface area (TPSA) is 63.5 Å². The van der Waals surface area contributed by atoms with Gasteiger partial charge in [-0.1, -0.05) is 6.92 Å². The Morgan fingerprint density at radius 1 is 1.44 bits per heavy atom. The molecule has 5 heteroatoms. The van der Waals surface area contributed by atoms with Crippen molar-refractivity contribution in [2.45, 2.75) is 20.3 Å². The van der Waals surface area contributed by atoms with Gasteiger partial charge < -0.3 is 4.90 Å². The van der Waals surface area contributed by atoms with Crippen LogP contribution in [0.1, 0.15) is 18.9 Å². The maximum Gasteiger partial charge on any atom is 0.272 e. The first-order valence-electron chi connectivity index (χ1n) is 6.01. The quantitative estimate of drug-likeness (QED) is 0.595. The molecular weight excluding hydrogens is 232 g/mol. The van der Waals surface area contributed by atoms with Crippen molar-refractivity contribution in [2.75, 3.05) is 18.0 Å². The lowest BCUT2D eigenvalue weighted by atomic mass is 9.98. The molecule has 1 heterocycles. The van der Waals surface area contributed by atoms with E-state index in [9.17, 15) is 14.9 Å². The molecule has 0 aliphatic carbocycles. The standard InChI is InChI=1S/C13H16N2O3/c1-9-7-11(3-4-12(9)15(17)18)14-6-5-13(16)10(2)8-14/h3-4,7,10H,5-6,8H2,1-2H3. The molecule has 1 unspecified atom stereocenters. The van der Waals surface area contributed by atoms with Crippen LogP contribution < -0.4 is 4.90 Å². The summed E-state index contributed by atoms with van der Waals surface area (Å²) < 4.78 is 0. The van der Waals surface area contributed by atoms with Gasteiger partial charge in [0.25, 0.3) is 5.69 Å². The number of aryl methyl sites for hydroxylation is 1. The summed E-state index contributed by atoms with van der Waals surface area (Å²) >= 11 is 0. The average molecular weight is 248 g/mol. The smallest absolute Gasteiger partial charge is 0.272 e. The number of nitro benzene ring substituents is 1. The van der Waals surface area contributed by atoms with Crippen LogP contribution in [0.25, 0.3) is 0 Å². The van der Waals surface area contributed by atoms with E-state index in [4.69, 9.17) is 0 Å². The Morgan fingerprint density at radius 2 is 2.17 bits per heavy atom. The van der Waals surface area contributed by atoms with E-state index >= 15 is 0 Å². The van der Waals surface area contributed by atoms with Crippen LogP contribution in [-0.4, -0.2) is 23.8 Å². The average Bonchev–Trinajstić information content (AvgIpc) is 2.32. The molecule has 0 bridgehead atoms. The first kappa shape index (κ1) is 12.5. The van der Waals surface area contributed by atoms with Crippen molar-refractivity contribution in [1.82, 2.24) is 0 Å². The highest BCUT2D eigenvalue weighted by molar-refractivity contribution is 5.83. The summed E-state index contributed by atoms with van der Waals surface area (Å²) in [5.74, 6) is 0.333. The molecule has 1 aromatic carbocycles. The summed E-state index contributed by atoms with van der Waals surface area (Å²) in [6, 6.07) is 5.11. The third kappa shape index (κ3) is 2.34. The predicted octanol–water partition coefficient (Wildman–Crippen LogP) is 2.32. The number of hydrogen-bond donors (Lipinski definition) is 0. The van der Waals surface area contributed by atoms with E-state index < -0.39 is 0 Å². The van der Waals surface area contributed by atoms with Crippen LogP contribution in [0.15, 0.2) is 18.2 Å². The molecule has 0 saturated carbocycles. The van der Waals surface area contributed by atoms with E-state index in [1.54, 1.807) is 13.0 Å². The molecule has 2 rings (SSSR count). The van der Waals surface area contributed by atoms with Gasteiger partial charge in [-0.2, -0.15) is 0 Å². The molecule has 1 aliphatic rings. The number of carbonyl (C=O) groups is 1. The lowest BCUT2D eigenvalue weighted by Gasteiger charge is -2.32. The normalized spacial score (nSPS) is 20.0. The number of anilines is 1. The molecule has 0 aromatic heterocycles. The van der Waals surface area contributed by atoms with Gasteiger partial charge in [-0.15, -0.1) is 0 Å². The monoisotopic (exact) mass is 248 g/mol. The first-order chi connectivity index (χ1) is 8.49. The molecule has 0 spiro atoms. The zero-order valence-electron chi connectivity index (χ0n) is 10.5. The van der Waals surface area contributed by atoms with Crippen molar-refractivity contribution >= 4 is 17.2 Å². The summed E-state index contributed by atoms with van der Waals surface area (Å²) in [5, 5.41) is 10.8. The summed E-state index contributed by atoms with van der Waals surface area (Å²) in [6.45, 7) is 5.05. The number of carbonyl (C=O) groups excluding carboxylic acids is 1. The summed E-state index contributed by atoms with van der Waals surface area (Å²) in [5.41, 5.74) is 1.75. The Kier molecular flexibility index (Phi) is 3.32. The second-order valence-corrected chi connectivity index (χ2v) is 4.79. The summed E-state index contributed by atoms with van der Waals surface area (Å²) in [4.78, 5) is 24.0. The number of hydrogen-bond acceptors (Lipinski definition) is 4. The van der Waals surface area contributed by atoms with Crippen LogP contribution in [0.2, 0.25) is 0 Å². The van der Waals surface area contributed by atoms with Gasteiger partial charge in [-0.05, 0) is 19.1 Å². The van der Waals surface area contributed by atoms with E-state index in [1.807, 2.05) is 13.0 Å². The maximum atomic E-state index is 11.5. The number of nitrogens with zero attached hydrogens (tertiary/aromatic N) is 2. The van der Waals surface area contributed by atoms with Gasteiger partial charge >= 0.3 is 0 Å². The number of nitro groups is 1. The van der Waals surface area contributed by atoms with E-state index in [-0.39, 0.29) is 16.5 Å². The Morgan fingerprint density at radius 3 is 2.72 bits per heavy atom. The Labute approximate surface area is 106 Å². The maximum absolute atomic E-state index is 11.5. The molecule has 0 radical (unpaired) electrons. The van der Waals surface area contributed by atoms with Crippen LogP contribution >= 0.6 is 0 Å². The van der Waals surface area contributed by atoms with Crippen molar-refractivity contribution in [1.29, 1.82) is 0 Å². The van der Waals surface area contributed by atoms with Crippen LogP contribution in [-0.2, 0) is 4.79 Å². The highest BCUT2D eigenvalue weighted by Gasteiger charge is 2.24. The van der Waals surface area contributed by atoms with Gasteiger partial charge in [0.05, 0.1) is 4.92 Å². The SMILES string of the molecule is Cc1cc(N2CCC(=O)C(C)C2)ccc1[N+](=O)[O-]. The minimum Gasteiger partial charge on any atom is -0.370 e. The fourth-order valence-electron chi connectivity index (χ4n) is 2.29. The molecule has 1 aliphatic heterocycles. The zero-order chi connectivity index (χ0) is 13.3. The molecular formula is C13H16N2O3. The Balaban J connectivity index is 2.22. The number of Topliss-reactive ketones (excluding diaryl/α,β-unsaturated/α-hetero) is 1. The summed E-state index contributed by atoms with van der Waals surface area (Å²) in [6.07, 6.45) is 0.553. The molecule has 1 saturated heterocycles. The van der Waals surface area contributed by atoms with E-state index in [0.717, 1.165) is 5.69 Å². The Hall–Kier alpha value is -1.91. The lowest BCUT2D eigenvalue weighted by Crippen LogP contribution is -2.39. The van der Waals surface area contributed by atoms with Gasteiger partial charge in [-0.3, -0.25) is 14.9 Å². The first-order valence-corrected chi connectivity index (χ1v) is 6.01. The third-order valence-electron chi connectivity index (χ3n) is 3.41. The zero-order valence-corrected chi connectivity index (χ0v) is 10.5.